The third kappa shape index (κ3) is 2.42. The van der Waals surface area contributed by atoms with Crippen molar-refractivity contribution in [2.24, 2.45) is 0 Å². The van der Waals surface area contributed by atoms with Crippen molar-refractivity contribution in [3.8, 4) is 11.1 Å². The molecule has 6 heteroatoms. The third-order valence-electron chi connectivity index (χ3n) is 2.52. The van der Waals surface area contributed by atoms with Crippen LogP contribution >= 0.6 is 0 Å². The van der Waals surface area contributed by atoms with Gasteiger partial charge in [0.25, 0.3) is 0 Å². The molecule has 0 atom stereocenters. The molecule has 0 unspecified atom stereocenters. The number of halogens is 4. The summed E-state index contributed by atoms with van der Waals surface area (Å²) in [5, 5.41) is 8.74. The quantitative estimate of drug-likeness (QED) is 0.668. The maximum Gasteiger partial charge on any atom is 0.338 e. The molecule has 0 heterocycles. The van der Waals surface area contributed by atoms with Crippen molar-refractivity contribution in [2.45, 2.75) is 0 Å². The molecule has 0 spiro atoms. The molecule has 2 aromatic rings. The summed E-state index contributed by atoms with van der Waals surface area (Å²) in [5.74, 6) is -6.25. The number of carboxylic acids is 1. The van der Waals surface area contributed by atoms with Gasteiger partial charge in [-0.25, -0.2) is 22.4 Å². The fourth-order valence-corrected chi connectivity index (χ4v) is 1.60. The van der Waals surface area contributed by atoms with Gasteiger partial charge >= 0.3 is 5.97 Å². The van der Waals surface area contributed by atoms with E-state index >= 15 is 0 Å². The van der Waals surface area contributed by atoms with E-state index in [2.05, 4.69) is 0 Å². The van der Waals surface area contributed by atoms with Crippen LogP contribution in [0.5, 0.6) is 0 Å². The van der Waals surface area contributed by atoms with Gasteiger partial charge < -0.3 is 5.11 Å². The van der Waals surface area contributed by atoms with Crippen molar-refractivity contribution >= 4 is 5.97 Å². The Labute approximate surface area is 104 Å². The highest BCUT2D eigenvalue weighted by Crippen LogP contribution is 2.27. The van der Waals surface area contributed by atoms with Crippen LogP contribution in [-0.4, -0.2) is 11.1 Å². The first-order valence-corrected chi connectivity index (χ1v) is 5.08. The maximum absolute atomic E-state index is 13.5. The van der Waals surface area contributed by atoms with Crippen molar-refractivity contribution in [3.63, 3.8) is 0 Å². The molecule has 0 radical (unpaired) electrons. The van der Waals surface area contributed by atoms with Gasteiger partial charge in [0.1, 0.15) is 11.6 Å². The predicted molar refractivity (Wildman–Crippen MR) is 58.7 cm³/mol. The summed E-state index contributed by atoms with van der Waals surface area (Å²) in [6.45, 7) is 0. The Balaban J connectivity index is 2.63. The number of benzene rings is 2. The number of rotatable bonds is 2. The number of carbonyl (C=O) groups is 1. The van der Waals surface area contributed by atoms with E-state index in [0.29, 0.717) is 12.1 Å². The Kier molecular flexibility index (Phi) is 3.25. The molecule has 98 valence electrons. The zero-order valence-corrected chi connectivity index (χ0v) is 9.25. The first-order valence-electron chi connectivity index (χ1n) is 5.08. The number of hydrogen-bond acceptors (Lipinski definition) is 1. The lowest BCUT2D eigenvalue weighted by Crippen LogP contribution is -2.01. The molecule has 0 aliphatic heterocycles. The smallest absolute Gasteiger partial charge is 0.338 e. The van der Waals surface area contributed by atoms with Crippen LogP contribution in [0, 0.1) is 23.3 Å². The highest BCUT2D eigenvalue weighted by molar-refractivity contribution is 5.89. The summed E-state index contributed by atoms with van der Waals surface area (Å²) in [5.41, 5.74) is -1.08. The minimum atomic E-state index is -1.54. The summed E-state index contributed by atoms with van der Waals surface area (Å²) in [6, 6.07) is 3.68. The second-order valence-electron chi connectivity index (χ2n) is 3.75. The van der Waals surface area contributed by atoms with Crippen molar-refractivity contribution in [1.82, 2.24) is 0 Å². The first kappa shape index (κ1) is 13.1. The van der Waals surface area contributed by atoms with Crippen LogP contribution in [0.15, 0.2) is 30.3 Å². The van der Waals surface area contributed by atoms with E-state index < -0.39 is 34.8 Å². The van der Waals surface area contributed by atoms with Crippen LogP contribution in [0.1, 0.15) is 10.4 Å². The van der Waals surface area contributed by atoms with Gasteiger partial charge in [-0.3, -0.25) is 0 Å². The molecule has 2 nitrogen and oxygen atoms in total. The average Bonchev–Trinajstić information content (AvgIpc) is 2.34. The Bertz CT molecular complexity index is 668. The normalized spacial score (nSPS) is 10.5. The van der Waals surface area contributed by atoms with Crippen LogP contribution in [-0.2, 0) is 0 Å². The van der Waals surface area contributed by atoms with Crippen LogP contribution in [0.4, 0.5) is 17.6 Å². The van der Waals surface area contributed by atoms with E-state index in [9.17, 15) is 22.4 Å². The number of aromatic carboxylic acids is 1. The van der Waals surface area contributed by atoms with Gasteiger partial charge in [0.2, 0.25) is 0 Å². The molecular formula is C13H6F4O2. The van der Waals surface area contributed by atoms with Gasteiger partial charge in [-0.15, -0.1) is 0 Å². The Morgan fingerprint density at radius 2 is 1.47 bits per heavy atom. The van der Waals surface area contributed by atoms with E-state index in [-0.39, 0.29) is 11.1 Å². The molecule has 0 aromatic heterocycles. The van der Waals surface area contributed by atoms with Crippen LogP contribution in [0.25, 0.3) is 11.1 Å². The average molecular weight is 270 g/mol. The number of hydrogen-bond donors (Lipinski definition) is 1. The van der Waals surface area contributed by atoms with Crippen molar-refractivity contribution < 1.29 is 27.5 Å². The van der Waals surface area contributed by atoms with E-state index in [1.54, 1.807) is 0 Å². The van der Waals surface area contributed by atoms with E-state index in [0.717, 1.165) is 18.2 Å². The molecule has 0 saturated carbocycles. The van der Waals surface area contributed by atoms with Gasteiger partial charge in [-0.1, -0.05) is 6.07 Å². The summed E-state index contributed by atoms with van der Waals surface area (Å²) >= 11 is 0. The zero-order chi connectivity index (χ0) is 14.2. The topological polar surface area (TPSA) is 37.3 Å². The first-order chi connectivity index (χ1) is 8.90. The van der Waals surface area contributed by atoms with Crippen molar-refractivity contribution in [3.05, 3.63) is 59.2 Å². The third-order valence-corrected chi connectivity index (χ3v) is 2.52. The van der Waals surface area contributed by atoms with E-state index in [4.69, 9.17) is 5.11 Å². The van der Waals surface area contributed by atoms with Crippen molar-refractivity contribution in [2.75, 3.05) is 0 Å². The molecule has 0 bridgehead atoms. The van der Waals surface area contributed by atoms with Gasteiger partial charge in [0.05, 0.1) is 5.56 Å². The Morgan fingerprint density at radius 3 is 2.11 bits per heavy atom. The van der Waals surface area contributed by atoms with Crippen LogP contribution < -0.4 is 0 Å². The molecule has 0 amide bonds. The minimum Gasteiger partial charge on any atom is -0.478 e. The monoisotopic (exact) mass is 270 g/mol. The zero-order valence-electron chi connectivity index (χ0n) is 9.25. The van der Waals surface area contributed by atoms with Crippen LogP contribution in [0.2, 0.25) is 0 Å². The fraction of sp³-hybridized carbons (Fsp3) is 0. The molecule has 2 rings (SSSR count). The number of carboxylic acid groups (broad SMARTS) is 1. The molecule has 0 saturated heterocycles. The van der Waals surface area contributed by atoms with Crippen molar-refractivity contribution in [1.29, 1.82) is 0 Å². The Morgan fingerprint density at radius 1 is 0.842 bits per heavy atom. The SMILES string of the molecule is O=C(O)c1cc(-c2cc(F)c(F)cc2F)ccc1F. The molecule has 19 heavy (non-hydrogen) atoms. The molecule has 1 N–H and O–H groups in total. The van der Waals surface area contributed by atoms with E-state index in [1.807, 2.05) is 0 Å². The minimum absolute atomic E-state index is 0.0600. The summed E-state index contributed by atoms with van der Waals surface area (Å²) in [6.07, 6.45) is 0. The molecule has 0 fully saturated rings. The Hall–Kier alpha value is -2.37. The van der Waals surface area contributed by atoms with Gasteiger partial charge in [0.15, 0.2) is 11.6 Å². The van der Waals surface area contributed by atoms with Gasteiger partial charge in [0, 0.05) is 11.6 Å². The largest absolute Gasteiger partial charge is 0.478 e. The van der Waals surface area contributed by atoms with Gasteiger partial charge in [-0.05, 0) is 23.8 Å². The summed E-state index contributed by atoms with van der Waals surface area (Å²) in [7, 11) is 0. The highest BCUT2D eigenvalue weighted by atomic mass is 19.2. The lowest BCUT2D eigenvalue weighted by molar-refractivity contribution is 0.0692. The molecule has 0 aliphatic carbocycles. The molecule has 0 aliphatic rings. The van der Waals surface area contributed by atoms with E-state index in [1.165, 1.54) is 0 Å². The lowest BCUT2D eigenvalue weighted by atomic mass is 10.0. The van der Waals surface area contributed by atoms with Gasteiger partial charge in [-0.2, -0.15) is 0 Å². The fourth-order valence-electron chi connectivity index (χ4n) is 1.60. The predicted octanol–water partition coefficient (Wildman–Crippen LogP) is 3.61. The summed E-state index contributed by atoms with van der Waals surface area (Å²) < 4.78 is 52.5. The molecular weight excluding hydrogens is 264 g/mol. The standard InChI is InChI=1S/C13H6F4O2/c14-9-2-1-6(3-8(9)13(18)19)7-4-11(16)12(17)5-10(7)15/h1-5H,(H,18,19). The van der Waals surface area contributed by atoms with Crippen LogP contribution in [0.3, 0.4) is 0 Å². The summed E-state index contributed by atoms with van der Waals surface area (Å²) in [4.78, 5) is 10.7. The second-order valence-corrected chi connectivity index (χ2v) is 3.75. The highest BCUT2D eigenvalue weighted by Gasteiger charge is 2.15. The second kappa shape index (κ2) is 4.72. The lowest BCUT2D eigenvalue weighted by Gasteiger charge is -2.06. The molecule has 2 aromatic carbocycles. The maximum atomic E-state index is 13.5.